The van der Waals surface area contributed by atoms with E-state index in [1.165, 1.54) is 19.1 Å². The van der Waals surface area contributed by atoms with Crippen molar-refractivity contribution in [1.82, 2.24) is 4.90 Å². The van der Waals surface area contributed by atoms with Crippen LogP contribution in [0.2, 0.25) is 0 Å². The predicted octanol–water partition coefficient (Wildman–Crippen LogP) is 2.48. The molecule has 21 heavy (non-hydrogen) atoms. The van der Waals surface area contributed by atoms with Crippen molar-refractivity contribution >= 4 is 17.4 Å². The first-order valence-corrected chi connectivity index (χ1v) is 6.72. The van der Waals surface area contributed by atoms with Crippen LogP contribution in [0.1, 0.15) is 39.3 Å². The van der Waals surface area contributed by atoms with Crippen molar-refractivity contribution in [2.45, 2.75) is 39.3 Å². The fraction of sp³-hybridized carbons (Fsp3) is 0.467. The molecule has 1 aliphatic heterocycles. The molecule has 1 aromatic carbocycles. The van der Waals surface area contributed by atoms with Gasteiger partial charge in [0.2, 0.25) is 5.91 Å². The maximum Gasteiger partial charge on any atom is 0.269 e. The third-order valence-electron chi connectivity index (χ3n) is 3.70. The molecule has 0 aromatic heterocycles. The van der Waals surface area contributed by atoms with E-state index in [0.717, 1.165) is 5.56 Å². The Morgan fingerprint density at radius 3 is 2.14 bits per heavy atom. The molecule has 0 N–H and O–H groups in total. The van der Waals surface area contributed by atoms with Gasteiger partial charge in [0.1, 0.15) is 11.7 Å². The number of nitrogens with zero attached hydrogens (tertiary/aromatic N) is 2. The van der Waals surface area contributed by atoms with E-state index >= 15 is 0 Å². The van der Waals surface area contributed by atoms with Crippen LogP contribution in [0.15, 0.2) is 24.3 Å². The van der Waals surface area contributed by atoms with Crippen LogP contribution in [0.5, 0.6) is 0 Å². The number of hydrogen-bond donors (Lipinski definition) is 0. The number of nitro benzene ring substituents is 1. The van der Waals surface area contributed by atoms with Crippen LogP contribution in [-0.2, 0) is 9.59 Å². The minimum Gasteiger partial charge on any atom is -0.329 e. The summed E-state index contributed by atoms with van der Waals surface area (Å²) >= 11 is 0. The summed E-state index contributed by atoms with van der Waals surface area (Å²) in [7, 11) is 0. The van der Waals surface area contributed by atoms with Gasteiger partial charge in [-0.25, -0.2) is 0 Å². The van der Waals surface area contributed by atoms with Crippen molar-refractivity contribution in [3.8, 4) is 0 Å². The van der Waals surface area contributed by atoms with E-state index in [9.17, 15) is 19.7 Å². The van der Waals surface area contributed by atoms with Gasteiger partial charge in [0.15, 0.2) is 0 Å². The molecule has 0 unspecified atom stereocenters. The first-order valence-electron chi connectivity index (χ1n) is 6.72. The van der Waals surface area contributed by atoms with Crippen molar-refractivity contribution in [3.63, 3.8) is 0 Å². The molecule has 0 spiro atoms. The number of ketones is 1. The minimum atomic E-state index is -0.689. The SMILES string of the molecule is CC(=O)[C@H]1C(=O)N(C(C)(C)C)[C@@H]1c1ccc([N+](=O)[O-])cc1. The van der Waals surface area contributed by atoms with Gasteiger partial charge in [-0.2, -0.15) is 0 Å². The molecule has 1 amide bonds. The number of carbonyl (C=O) groups excluding carboxylic acids is 2. The highest BCUT2D eigenvalue weighted by Gasteiger charge is 2.54. The smallest absolute Gasteiger partial charge is 0.269 e. The zero-order valence-corrected chi connectivity index (χ0v) is 12.5. The molecule has 1 fully saturated rings. The molecule has 0 bridgehead atoms. The van der Waals surface area contributed by atoms with Crippen LogP contribution >= 0.6 is 0 Å². The standard InChI is InChI=1S/C15H18N2O4/c1-9(18)12-13(16(14(12)19)15(2,3)4)10-5-7-11(8-6-10)17(20)21/h5-8,12-13H,1-4H3/t12-,13-/m1/s1. The summed E-state index contributed by atoms with van der Waals surface area (Å²) in [4.78, 5) is 35.8. The largest absolute Gasteiger partial charge is 0.329 e. The average Bonchev–Trinajstić information content (AvgIpc) is 2.33. The molecule has 1 saturated heterocycles. The molecule has 2 atom stereocenters. The highest BCUT2D eigenvalue weighted by molar-refractivity contribution is 6.06. The van der Waals surface area contributed by atoms with Gasteiger partial charge >= 0.3 is 0 Å². The second-order valence-corrected chi connectivity index (χ2v) is 6.26. The molecule has 1 aromatic rings. The molecule has 6 nitrogen and oxygen atoms in total. The lowest BCUT2D eigenvalue weighted by Gasteiger charge is -2.53. The van der Waals surface area contributed by atoms with Gasteiger partial charge < -0.3 is 4.90 Å². The monoisotopic (exact) mass is 290 g/mol. The number of benzene rings is 1. The van der Waals surface area contributed by atoms with Gasteiger partial charge in [-0.15, -0.1) is 0 Å². The number of amides is 1. The molecular formula is C15H18N2O4. The second kappa shape index (κ2) is 4.95. The van der Waals surface area contributed by atoms with Crippen LogP contribution in [0.3, 0.4) is 0 Å². The van der Waals surface area contributed by atoms with Crippen molar-refractivity contribution in [2.24, 2.45) is 5.92 Å². The molecular weight excluding hydrogens is 272 g/mol. The van der Waals surface area contributed by atoms with E-state index in [4.69, 9.17) is 0 Å². The number of likely N-dealkylation sites (tertiary alicyclic amines) is 1. The summed E-state index contributed by atoms with van der Waals surface area (Å²) in [6, 6.07) is 5.68. The third kappa shape index (κ3) is 2.53. The summed E-state index contributed by atoms with van der Waals surface area (Å²) < 4.78 is 0. The van der Waals surface area contributed by atoms with Crippen molar-refractivity contribution in [3.05, 3.63) is 39.9 Å². The Morgan fingerprint density at radius 2 is 1.76 bits per heavy atom. The molecule has 2 rings (SSSR count). The van der Waals surface area contributed by atoms with E-state index in [-0.39, 0.29) is 23.4 Å². The first kappa shape index (κ1) is 15.2. The molecule has 0 saturated carbocycles. The lowest BCUT2D eigenvalue weighted by atomic mass is 9.76. The average molecular weight is 290 g/mol. The second-order valence-electron chi connectivity index (χ2n) is 6.26. The van der Waals surface area contributed by atoms with Crippen LogP contribution in [-0.4, -0.2) is 27.1 Å². The lowest BCUT2D eigenvalue weighted by molar-refractivity contribution is -0.384. The Bertz CT molecular complexity index is 601. The van der Waals surface area contributed by atoms with Crippen LogP contribution in [0.25, 0.3) is 0 Å². The zero-order chi connectivity index (χ0) is 15.9. The van der Waals surface area contributed by atoms with Crippen molar-refractivity contribution in [1.29, 1.82) is 0 Å². The number of β-lactam (4-membered cyclic amide) rings is 1. The molecule has 6 heteroatoms. The number of rotatable bonds is 3. The lowest BCUT2D eigenvalue weighted by Crippen LogP contribution is -2.63. The van der Waals surface area contributed by atoms with E-state index in [1.54, 1.807) is 17.0 Å². The van der Waals surface area contributed by atoms with Gasteiger partial charge in [-0.1, -0.05) is 12.1 Å². The molecule has 1 heterocycles. The van der Waals surface area contributed by atoms with Gasteiger partial charge in [-0.05, 0) is 33.3 Å². The third-order valence-corrected chi connectivity index (χ3v) is 3.70. The predicted molar refractivity (Wildman–Crippen MR) is 76.6 cm³/mol. The number of non-ortho nitro benzene ring substituents is 1. The van der Waals surface area contributed by atoms with Crippen LogP contribution in [0, 0.1) is 16.0 Å². The van der Waals surface area contributed by atoms with Gasteiger partial charge in [0, 0.05) is 17.7 Å². The number of hydrogen-bond acceptors (Lipinski definition) is 4. The first-order chi connectivity index (χ1) is 9.64. The fourth-order valence-corrected chi connectivity index (χ4v) is 2.77. The maximum absolute atomic E-state index is 12.2. The number of Topliss-reactive ketones (excluding diaryl/α,β-unsaturated/α-hetero) is 1. The Kier molecular flexibility index (Phi) is 3.57. The fourth-order valence-electron chi connectivity index (χ4n) is 2.77. The van der Waals surface area contributed by atoms with Gasteiger partial charge in [0.25, 0.3) is 5.69 Å². The number of nitro groups is 1. The highest BCUT2D eigenvalue weighted by atomic mass is 16.6. The zero-order valence-electron chi connectivity index (χ0n) is 12.5. The Balaban J connectivity index is 2.39. The maximum atomic E-state index is 12.2. The summed E-state index contributed by atoms with van der Waals surface area (Å²) in [5.41, 5.74) is 0.330. The summed E-state index contributed by atoms with van der Waals surface area (Å²) in [6.45, 7) is 7.11. The Morgan fingerprint density at radius 1 is 1.24 bits per heavy atom. The van der Waals surface area contributed by atoms with Crippen molar-refractivity contribution < 1.29 is 14.5 Å². The summed E-state index contributed by atoms with van der Waals surface area (Å²) in [5.74, 6) is -1.05. The van der Waals surface area contributed by atoms with E-state index in [0.29, 0.717) is 0 Å². The number of carbonyl (C=O) groups is 2. The molecule has 0 radical (unpaired) electrons. The quantitative estimate of drug-likeness (QED) is 0.371. The molecule has 112 valence electrons. The highest BCUT2D eigenvalue weighted by Crippen LogP contribution is 2.45. The van der Waals surface area contributed by atoms with Crippen molar-refractivity contribution in [2.75, 3.05) is 0 Å². The van der Waals surface area contributed by atoms with Gasteiger partial charge in [-0.3, -0.25) is 19.7 Å². The van der Waals surface area contributed by atoms with Gasteiger partial charge in [0.05, 0.1) is 11.0 Å². The topological polar surface area (TPSA) is 80.5 Å². The van der Waals surface area contributed by atoms with Crippen LogP contribution < -0.4 is 0 Å². The molecule has 0 aliphatic carbocycles. The van der Waals surface area contributed by atoms with Crippen LogP contribution in [0.4, 0.5) is 5.69 Å². The Labute approximate surface area is 122 Å². The molecule has 1 aliphatic rings. The van der Waals surface area contributed by atoms with E-state index < -0.39 is 16.4 Å². The van der Waals surface area contributed by atoms with E-state index in [1.807, 2.05) is 20.8 Å². The van der Waals surface area contributed by atoms with E-state index in [2.05, 4.69) is 0 Å². The Hall–Kier alpha value is -2.24. The minimum absolute atomic E-state index is 0.00826. The summed E-state index contributed by atoms with van der Waals surface area (Å²) in [5, 5.41) is 10.7. The summed E-state index contributed by atoms with van der Waals surface area (Å²) in [6.07, 6.45) is 0. The normalized spacial score (nSPS) is 21.9.